The van der Waals surface area contributed by atoms with Gasteiger partial charge in [0.15, 0.2) is 0 Å². The fourth-order valence-corrected chi connectivity index (χ4v) is 3.56. The van der Waals surface area contributed by atoms with Crippen LogP contribution < -0.4 is 4.90 Å². The zero-order valence-electron chi connectivity index (χ0n) is 17.4. The van der Waals surface area contributed by atoms with Crippen LogP contribution in [0.15, 0.2) is 18.2 Å². The quantitative estimate of drug-likeness (QED) is 0.722. The number of carbonyl (C=O) groups is 1. The normalized spacial score (nSPS) is 17.1. The molecule has 0 unspecified atom stereocenters. The Kier molecular flexibility index (Phi) is 5.57. The molecule has 28 heavy (non-hydrogen) atoms. The van der Waals surface area contributed by atoms with E-state index in [1.807, 2.05) is 51.3 Å². The Bertz CT molecular complexity index is 854. The van der Waals surface area contributed by atoms with E-state index in [0.717, 1.165) is 30.2 Å². The second kappa shape index (κ2) is 7.62. The van der Waals surface area contributed by atoms with Gasteiger partial charge in [-0.3, -0.25) is 4.57 Å². The number of aromatic nitrogens is 3. The van der Waals surface area contributed by atoms with Crippen LogP contribution in [-0.2, 0) is 4.74 Å². The number of hydrogen-bond acceptors (Lipinski definition) is 5. The Labute approximate surface area is 171 Å². The van der Waals surface area contributed by atoms with Gasteiger partial charge in [-0.2, -0.15) is 4.98 Å². The molecule has 1 amide bonds. The summed E-state index contributed by atoms with van der Waals surface area (Å²) in [5.41, 5.74) is 1.59. The first kappa shape index (κ1) is 20.5. The molecule has 3 heterocycles. The van der Waals surface area contributed by atoms with E-state index in [-0.39, 0.29) is 12.1 Å². The van der Waals surface area contributed by atoms with Crippen molar-refractivity contribution in [3.05, 3.63) is 34.7 Å². The summed E-state index contributed by atoms with van der Waals surface area (Å²) in [6.45, 7) is 11.1. The maximum atomic E-state index is 12.4. The summed E-state index contributed by atoms with van der Waals surface area (Å²) in [5, 5.41) is 0.399. The van der Waals surface area contributed by atoms with Crippen molar-refractivity contribution < 1.29 is 9.53 Å². The van der Waals surface area contributed by atoms with Gasteiger partial charge in [-0.25, -0.2) is 9.78 Å². The van der Waals surface area contributed by atoms with Gasteiger partial charge in [-0.05, 0) is 53.2 Å². The molecule has 0 aromatic carbocycles. The minimum absolute atomic E-state index is 0.0575. The molecule has 1 saturated heterocycles. The number of aryl methyl sites for hydroxylation is 2. The molecule has 1 aliphatic heterocycles. The first-order valence-electron chi connectivity index (χ1n) is 9.46. The molecule has 3 rings (SSSR count). The lowest BCUT2D eigenvalue weighted by Gasteiger charge is -2.28. The number of rotatable bonds is 3. The third-order valence-electron chi connectivity index (χ3n) is 4.86. The molecular formula is C20H28ClN5O2. The molecule has 1 atom stereocenters. The Morgan fingerprint density at radius 3 is 2.50 bits per heavy atom. The van der Waals surface area contributed by atoms with Crippen molar-refractivity contribution in [3.8, 4) is 5.95 Å². The van der Waals surface area contributed by atoms with Crippen LogP contribution in [0.1, 0.15) is 38.6 Å². The molecule has 2 aromatic heterocycles. The summed E-state index contributed by atoms with van der Waals surface area (Å²) < 4.78 is 7.47. The molecule has 0 spiro atoms. The average molecular weight is 406 g/mol. The lowest BCUT2D eigenvalue weighted by Crippen LogP contribution is -2.42. The first-order valence-corrected chi connectivity index (χ1v) is 9.83. The van der Waals surface area contributed by atoms with Crippen LogP contribution in [0, 0.1) is 13.8 Å². The number of amides is 1. The van der Waals surface area contributed by atoms with E-state index in [2.05, 4.69) is 9.88 Å². The van der Waals surface area contributed by atoms with Crippen molar-refractivity contribution in [2.24, 2.45) is 0 Å². The Hall–Kier alpha value is -2.28. The maximum absolute atomic E-state index is 12.4. The van der Waals surface area contributed by atoms with Crippen molar-refractivity contribution in [1.29, 1.82) is 0 Å². The fraction of sp³-hybridized carbons (Fsp3) is 0.550. The van der Waals surface area contributed by atoms with Gasteiger partial charge in [0.25, 0.3) is 0 Å². The molecular weight excluding hydrogens is 378 g/mol. The van der Waals surface area contributed by atoms with Crippen molar-refractivity contribution in [2.75, 3.05) is 25.0 Å². The molecule has 0 bridgehead atoms. The predicted molar refractivity (Wildman–Crippen MR) is 110 cm³/mol. The van der Waals surface area contributed by atoms with Gasteiger partial charge in [0.2, 0.25) is 5.95 Å². The lowest BCUT2D eigenvalue weighted by atomic mass is 10.2. The van der Waals surface area contributed by atoms with Crippen molar-refractivity contribution in [3.63, 3.8) is 0 Å². The number of ether oxygens (including phenoxy) is 1. The van der Waals surface area contributed by atoms with Crippen molar-refractivity contribution in [1.82, 2.24) is 19.4 Å². The third kappa shape index (κ3) is 4.41. The van der Waals surface area contributed by atoms with Gasteiger partial charge in [0, 0.05) is 37.6 Å². The van der Waals surface area contributed by atoms with Crippen LogP contribution in [0.3, 0.4) is 0 Å². The third-order valence-corrected chi connectivity index (χ3v) is 5.05. The van der Waals surface area contributed by atoms with Gasteiger partial charge >= 0.3 is 6.09 Å². The number of hydrogen-bond donors (Lipinski definition) is 0. The van der Waals surface area contributed by atoms with Gasteiger partial charge in [-0.1, -0.05) is 11.6 Å². The number of anilines is 1. The van der Waals surface area contributed by atoms with E-state index in [4.69, 9.17) is 21.3 Å². The van der Waals surface area contributed by atoms with Gasteiger partial charge in [0.1, 0.15) is 16.6 Å². The molecule has 0 saturated carbocycles. The molecule has 1 fully saturated rings. The fourth-order valence-electron chi connectivity index (χ4n) is 3.39. The molecule has 0 aliphatic carbocycles. The number of nitrogens with zero attached hydrogens (tertiary/aromatic N) is 5. The molecule has 1 aliphatic rings. The van der Waals surface area contributed by atoms with Crippen molar-refractivity contribution in [2.45, 2.75) is 52.7 Å². The maximum Gasteiger partial charge on any atom is 0.410 e. The Morgan fingerprint density at radius 1 is 1.25 bits per heavy atom. The number of likely N-dealkylation sites (N-methyl/N-ethyl adjacent to an activating group) is 1. The topological polar surface area (TPSA) is 63.5 Å². The standard InChI is InChI=1S/C20H28ClN5O2/c1-13-7-8-14(2)26(13)18-22-16(21)11-17(23-18)25-10-9-15(12-25)24(6)19(27)28-20(3,4)5/h7-8,11,15H,9-10,12H2,1-6H3/t15-/m1/s1. The van der Waals surface area contributed by atoms with E-state index < -0.39 is 5.60 Å². The zero-order valence-corrected chi connectivity index (χ0v) is 18.1. The molecule has 152 valence electrons. The van der Waals surface area contributed by atoms with Crippen LogP contribution in [0.25, 0.3) is 5.95 Å². The lowest BCUT2D eigenvalue weighted by molar-refractivity contribution is 0.0238. The summed E-state index contributed by atoms with van der Waals surface area (Å²) in [6.07, 6.45) is 0.535. The first-order chi connectivity index (χ1) is 13.0. The zero-order chi connectivity index (χ0) is 20.6. The van der Waals surface area contributed by atoms with Gasteiger partial charge in [0.05, 0.1) is 6.04 Å². The van der Waals surface area contributed by atoms with E-state index >= 15 is 0 Å². The summed E-state index contributed by atoms with van der Waals surface area (Å²) in [4.78, 5) is 25.3. The van der Waals surface area contributed by atoms with E-state index in [9.17, 15) is 4.79 Å². The number of halogens is 1. The molecule has 8 heteroatoms. The minimum atomic E-state index is -0.509. The van der Waals surface area contributed by atoms with Crippen LogP contribution >= 0.6 is 11.6 Å². The SMILES string of the molecule is Cc1ccc(C)n1-c1nc(Cl)cc(N2CC[C@@H](N(C)C(=O)OC(C)(C)C)C2)n1. The summed E-state index contributed by atoms with van der Waals surface area (Å²) in [5.74, 6) is 1.33. The molecule has 2 aromatic rings. The predicted octanol–water partition coefficient (Wildman–Crippen LogP) is 3.98. The van der Waals surface area contributed by atoms with E-state index in [0.29, 0.717) is 17.6 Å². The van der Waals surface area contributed by atoms with E-state index in [1.54, 1.807) is 18.0 Å². The highest BCUT2D eigenvalue weighted by atomic mass is 35.5. The summed E-state index contributed by atoms with van der Waals surface area (Å²) >= 11 is 6.30. The van der Waals surface area contributed by atoms with Crippen LogP contribution in [-0.4, -0.2) is 57.3 Å². The highest BCUT2D eigenvalue weighted by Gasteiger charge is 2.32. The highest BCUT2D eigenvalue weighted by molar-refractivity contribution is 6.29. The smallest absolute Gasteiger partial charge is 0.410 e. The Morgan fingerprint density at radius 2 is 1.89 bits per heavy atom. The second-order valence-electron chi connectivity index (χ2n) is 8.28. The monoisotopic (exact) mass is 405 g/mol. The number of carbonyl (C=O) groups excluding carboxylic acids is 1. The average Bonchev–Trinajstić information content (AvgIpc) is 3.19. The van der Waals surface area contributed by atoms with Crippen LogP contribution in [0.5, 0.6) is 0 Å². The highest BCUT2D eigenvalue weighted by Crippen LogP contribution is 2.25. The summed E-state index contributed by atoms with van der Waals surface area (Å²) in [6, 6.07) is 5.89. The largest absolute Gasteiger partial charge is 0.444 e. The molecule has 7 nitrogen and oxygen atoms in total. The van der Waals surface area contributed by atoms with Gasteiger partial charge < -0.3 is 14.5 Å². The van der Waals surface area contributed by atoms with Crippen LogP contribution in [0.2, 0.25) is 5.15 Å². The second-order valence-corrected chi connectivity index (χ2v) is 8.67. The minimum Gasteiger partial charge on any atom is -0.444 e. The van der Waals surface area contributed by atoms with Crippen LogP contribution in [0.4, 0.5) is 10.6 Å². The van der Waals surface area contributed by atoms with Gasteiger partial charge in [-0.15, -0.1) is 0 Å². The Balaban J connectivity index is 1.78. The van der Waals surface area contributed by atoms with E-state index in [1.165, 1.54) is 0 Å². The summed E-state index contributed by atoms with van der Waals surface area (Å²) in [7, 11) is 1.78. The van der Waals surface area contributed by atoms with Crippen molar-refractivity contribution >= 4 is 23.5 Å². The molecule has 0 radical (unpaired) electrons. The molecule has 0 N–H and O–H groups in total.